The van der Waals surface area contributed by atoms with Gasteiger partial charge in [0, 0.05) is 44.5 Å². The molecular formula is C53H37N3O. The van der Waals surface area contributed by atoms with Crippen molar-refractivity contribution in [2.24, 2.45) is 0 Å². The lowest BCUT2D eigenvalue weighted by molar-refractivity contribution is 0.623. The van der Waals surface area contributed by atoms with Crippen molar-refractivity contribution >= 4 is 66.4 Å². The first kappa shape index (κ1) is 33.0. The fraction of sp³-hybridized carbons (Fsp3) is 0.0377. The van der Waals surface area contributed by atoms with Crippen molar-refractivity contribution in [3.05, 3.63) is 200 Å². The van der Waals surface area contributed by atoms with Crippen LogP contribution in [0.15, 0.2) is 205 Å². The maximum Gasteiger partial charge on any atom is 0.227 e. The molecule has 8 aromatic carbocycles. The van der Waals surface area contributed by atoms with Gasteiger partial charge in [-0.2, -0.15) is 0 Å². The van der Waals surface area contributed by atoms with Gasteiger partial charge in [0.2, 0.25) is 5.89 Å². The molecule has 11 rings (SSSR count). The Labute approximate surface area is 330 Å². The molecule has 1 aliphatic carbocycles. The van der Waals surface area contributed by atoms with Gasteiger partial charge in [0.15, 0.2) is 5.58 Å². The van der Waals surface area contributed by atoms with Crippen LogP contribution in [-0.4, -0.2) is 9.55 Å². The van der Waals surface area contributed by atoms with Gasteiger partial charge in [-0.1, -0.05) is 133 Å². The highest BCUT2D eigenvalue weighted by Crippen LogP contribution is 2.43. The fourth-order valence-corrected chi connectivity index (χ4v) is 8.53. The molecule has 2 aromatic heterocycles. The summed E-state index contributed by atoms with van der Waals surface area (Å²) < 4.78 is 8.97. The van der Waals surface area contributed by atoms with Crippen LogP contribution >= 0.6 is 0 Å². The van der Waals surface area contributed by atoms with Crippen molar-refractivity contribution in [2.45, 2.75) is 12.8 Å². The van der Waals surface area contributed by atoms with Crippen LogP contribution in [0.2, 0.25) is 0 Å². The zero-order chi connectivity index (χ0) is 37.7. The molecule has 4 heteroatoms. The molecule has 0 amide bonds. The standard InChI is InChI=1S/C53H37N3O/c1-4-14-36(15-5-1)40-19-12-22-43(34-40)55(44-31-32-47-46-23-10-11-25-49(46)56(50(47)35-44)41-20-8-3-9-21-41)42-29-26-37(27-30-42)45-24-13-18-38-28-33-48-52(51(38)45)57-53(54-48)39-16-6-2-7-17-39/h1-2,4-8,10-35H,3,9H2. The van der Waals surface area contributed by atoms with Gasteiger partial charge in [0.25, 0.3) is 0 Å². The Bertz CT molecular complexity index is 3170. The molecule has 270 valence electrons. The minimum Gasteiger partial charge on any atom is -0.435 e. The van der Waals surface area contributed by atoms with Gasteiger partial charge in [0.1, 0.15) is 5.52 Å². The summed E-state index contributed by atoms with van der Waals surface area (Å²) in [7, 11) is 0. The Morgan fingerprint density at radius 1 is 0.509 bits per heavy atom. The molecular weight excluding hydrogens is 695 g/mol. The van der Waals surface area contributed by atoms with E-state index in [2.05, 4.69) is 179 Å². The van der Waals surface area contributed by atoms with Gasteiger partial charge in [-0.05, 0) is 107 Å². The van der Waals surface area contributed by atoms with E-state index in [4.69, 9.17) is 9.40 Å². The minimum absolute atomic E-state index is 0.628. The number of allylic oxidation sites excluding steroid dienone is 4. The van der Waals surface area contributed by atoms with E-state index >= 15 is 0 Å². The number of aromatic nitrogens is 2. The lowest BCUT2D eigenvalue weighted by Gasteiger charge is -2.27. The van der Waals surface area contributed by atoms with Gasteiger partial charge < -0.3 is 13.9 Å². The first-order chi connectivity index (χ1) is 28.3. The minimum atomic E-state index is 0.628. The third-order valence-corrected chi connectivity index (χ3v) is 11.2. The number of fused-ring (bicyclic) bond motifs is 6. The summed E-state index contributed by atoms with van der Waals surface area (Å²) in [4.78, 5) is 7.27. The van der Waals surface area contributed by atoms with Gasteiger partial charge in [-0.25, -0.2) is 4.98 Å². The highest BCUT2D eigenvalue weighted by molar-refractivity contribution is 6.13. The van der Waals surface area contributed by atoms with Crippen LogP contribution in [0.4, 0.5) is 17.1 Å². The molecule has 0 unspecified atom stereocenters. The Balaban J connectivity index is 1.07. The molecule has 4 nitrogen and oxygen atoms in total. The van der Waals surface area contributed by atoms with Crippen LogP contribution in [0.3, 0.4) is 0 Å². The maximum atomic E-state index is 6.54. The van der Waals surface area contributed by atoms with Crippen LogP contribution in [0.5, 0.6) is 0 Å². The van der Waals surface area contributed by atoms with Gasteiger partial charge >= 0.3 is 0 Å². The van der Waals surface area contributed by atoms with E-state index in [1.165, 1.54) is 38.6 Å². The Kier molecular flexibility index (Phi) is 7.92. The van der Waals surface area contributed by atoms with Crippen LogP contribution in [0.25, 0.3) is 83.1 Å². The Hall–Kier alpha value is -7.43. The van der Waals surface area contributed by atoms with E-state index in [-0.39, 0.29) is 0 Å². The molecule has 0 saturated carbocycles. The van der Waals surface area contributed by atoms with E-state index in [0.717, 1.165) is 68.5 Å². The average molecular weight is 732 g/mol. The van der Waals surface area contributed by atoms with E-state index in [9.17, 15) is 0 Å². The van der Waals surface area contributed by atoms with Crippen molar-refractivity contribution in [1.29, 1.82) is 0 Å². The molecule has 1 aliphatic rings. The van der Waals surface area contributed by atoms with Crippen molar-refractivity contribution in [1.82, 2.24) is 9.55 Å². The second-order valence-corrected chi connectivity index (χ2v) is 14.7. The van der Waals surface area contributed by atoms with E-state index in [0.29, 0.717) is 5.89 Å². The van der Waals surface area contributed by atoms with Crippen molar-refractivity contribution in [3.8, 4) is 33.7 Å². The molecule has 0 N–H and O–H groups in total. The largest absolute Gasteiger partial charge is 0.435 e. The Morgan fingerprint density at radius 3 is 2.05 bits per heavy atom. The van der Waals surface area contributed by atoms with Gasteiger partial charge in [-0.3, -0.25) is 0 Å². The van der Waals surface area contributed by atoms with Crippen LogP contribution in [0, 0.1) is 0 Å². The third kappa shape index (κ3) is 5.73. The van der Waals surface area contributed by atoms with E-state index < -0.39 is 0 Å². The first-order valence-electron chi connectivity index (χ1n) is 19.6. The van der Waals surface area contributed by atoms with Gasteiger partial charge in [-0.15, -0.1) is 0 Å². The number of nitrogens with zero attached hydrogens (tertiary/aromatic N) is 3. The summed E-state index contributed by atoms with van der Waals surface area (Å²) in [6.45, 7) is 0. The van der Waals surface area contributed by atoms with E-state index in [1.54, 1.807) is 0 Å². The normalized spacial score (nSPS) is 12.8. The van der Waals surface area contributed by atoms with Crippen molar-refractivity contribution < 1.29 is 4.42 Å². The molecule has 57 heavy (non-hydrogen) atoms. The summed E-state index contributed by atoms with van der Waals surface area (Å²) in [6, 6.07) is 64.9. The topological polar surface area (TPSA) is 34.2 Å². The summed E-state index contributed by atoms with van der Waals surface area (Å²) in [5.41, 5.74) is 14.1. The quantitative estimate of drug-likeness (QED) is 0.164. The number of rotatable bonds is 7. The zero-order valence-electron chi connectivity index (χ0n) is 31.2. The summed E-state index contributed by atoms with van der Waals surface area (Å²) in [5, 5.41) is 4.68. The first-order valence-corrected chi connectivity index (χ1v) is 19.6. The second-order valence-electron chi connectivity index (χ2n) is 14.7. The molecule has 0 radical (unpaired) electrons. The highest BCUT2D eigenvalue weighted by Gasteiger charge is 2.20. The molecule has 0 fully saturated rings. The lowest BCUT2D eigenvalue weighted by Crippen LogP contribution is -2.10. The molecule has 10 aromatic rings. The molecule has 0 spiro atoms. The van der Waals surface area contributed by atoms with Crippen LogP contribution < -0.4 is 4.90 Å². The van der Waals surface area contributed by atoms with Crippen LogP contribution in [0.1, 0.15) is 12.8 Å². The van der Waals surface area contributed by atoms with Crippen molar-refractivity contribution in [2.75, 3.05) is 4.90 Å². The molecule has 0 aliphatic heterocycles. The molecule has 0 saturated heterocycles. The number of benzene rings is 8. The monoisotopic (exact) mass is 731 g/mol. The lowest BCUT2D eigenvalue weighted by atomic mass is 9.97. The smallest absolute Gasteiger partial charge is 0.227 e. The number of hydrogen-bond donors (Lipinski definition) is 0. The molecule has 0 atom stereocenters. The van der Waals surface area contributed by atoms with E-state index in [1.807, 2.05) is 30.3 Å². The number of para-hydroxylation sites is 1. The highest BCUT2D eigenvalue weighted by atomic mass is 16.3. The van der Waals surface area contributed by atoms with Crippen LogP contribution in [-0.2, 0) is 0 Å². The third-order valence-electron chi connectivity index (χ3n) is 11.2. The predicted octanol–water partition coefficient (Wildman–Crippen LogP) is 14.8. The molecule has 0 bridgehead atoms. The average Bonchev–Trinajstić information content (AvgIpc) is 3.87. The maximum absolute atomic E-state index is 6.54. The summed E-state index contributed by atoms with van der Waals surface area (Å²) in [5.74, 6) is 0.628. The number of hydrogen-bond acceptors (Lipinski definition) is 3. The Morgan fingerprint density at radius 2 is 1.23 bits per heavy atom. The summed E-state index contributed by atoms with van der Waals surface area (Å²) >= 11 is 0. The van der Waals surface area contributed by atoms with Crippen molar-refractivity contribution in [3.63, 3.8) is 0 Å². The number of oxazole rings is 1. The fourth-order valence-electron chi connectivity index (χ4n) is 8.53. The van der Waals surface area contributed by atoms with Gasteiger partial charge in [0.05, 0.1) is 11.0 Å². The number of anilines is 3. The summed E-state index contributed by atoms with van der Waals surface area (Å²) in [6.07, 6.45) is 9.03. The zero-order valence-corrected chi connectivity index (χ0v) is 31.2. The predicted molar refractivity (Wildman–Crippen MR) is 238 cm³/mol. The SMILES string of the molecule is C1=CC(n2c3ccccc3c3ccc(N(c4ccc(-c5cccc6ccc7nc(-c8ccccc8)oc7c56)cc4)c4cccc(-c5ccccc5)c4)cc32)=CCC1. The molecule has 2 heterocycles. The second kappa shape index (κ2) is 13.7.